The van der Waals surface area contributed by atoms with Gasteiger partial charge in [-0.15, -0.1) is 0 Å². The van der Waals surface area contributed by atoms with Crippen molar-refractivity contribution in [3.8, 4) is 6.07 Å². The fourth-order valence-corrected chi connectivity index (χ4v) is 1.95. The van der Waals surface area contributed by atoms with Crippen LogP contribution in [0.2, 0.25) is 0 Å². The Morgan fingerprint density at radius 2 is 2.11 bits per heavy atom. The molecule has 0 fully saturated rings. The van der Waals surface area contributed by atoms with Gasteiger partial charge in [0.2, 0.25) is 0 Å². The number of hydrogen-bond donors (Lipinski definition) is 0. The van der Waals surface area contributed by atoms with E-state index in [1.54, 1.807) is 17.0 Å². The van der Waals surface area contributed by atoms with E-state index in [1.165, 1.54) is 0 Å². The molecule has 1 aromatic heterocycles. The zero-order chi connectivity index (χ0) is 14.4. The number of nitrogens with zero attached hydrogens (tertiary/aromatic N) is 4. The molecule has 0 saturated heterocycles. The van der Waals surface area contributed by atoms with Gasteiger partial charge < -0.3 is 9.47 Å². The fourth-order valence-electron chi connectivity index (χ4n) is 1.95. The molecule has 5 heteroatoms. The molecular formula is C14H22N4O. The summed E-state index contributed by atoms with van der Waals surface area (Å²) in [6, 6.07) is 2.25. The van der Waals surface area contributed by atoms with Crippen LogP contribution in [0.1, 0.15) is 34.1 Å². The summed E-state index contributed by atoms with van der Waals surface area (Å²) in [6.45, 7) is 9.35. The van der Waals surface area contributed by atoms with E-state index in [0.29, 0.717) is 31.2 Å². The van der Waals surface area contributed by atoms with Gasteiger partial charge in [-0.3, -0.25) is 4.79 Å². The maximum Gasteiger partial charge on any atom is 0.293 e. The number of anilines is 1. The van der Waals surface area contributed by atoms with E-state index in [-0.39, 0.29) is 11.6 Å². The van der Waals surface area contributed by atoms with E-state index in [9.17, 15) is 4.79 Å². The fraction of sp³-hybridized carbons (Fsp3) is 0.643. The van der Waals surface area contributed by atoms with Gasteiger partial charge in [0.1, 0.15) is 0 Å². The van der Waals surface area contributed by atoms with Crippen LogP contribution in [-0.2, 0) is 6.54 Å². The predicted octanol–water partition coefficient (Wildman–Crippen LogP) is 2.03. The Bertz CT molecular complexity index is 499. The van der Waals surface area contributed by atoms with Crippen LogP contribution >= 0.6 is 0 Å². The van der Waals surface area contributed by atoms with Crippen LogP contribution in [0.5, 0.6) is 0 Å². The van der Waals surface area contributed by atoms with Gasteiger partial charge >= 0.3 is 0 Å². The molecular weight excluding hydrogens is 240 g/mol. The molecule has 0 bridgehead atoms. The van der Waals surface area contributed by atoms with Crippen LogP contribution in [0, 0.1) is 17.2 Å². The highest BCUT2D eigenvalue weighted by molar-refractivity contribution is 5.36. The molecule has 0 aliphatic carbocycles. The Balaban J connectivity index is 3.10. The molecule has 1 heterocycles. The lowest BCUT2D eigenvalue weighted by molar-refractivity contribution is 0.506. The largest absolute Gasteiger partial charge is 0.349 e. The summed E-state index contributed by atoms with van der Waals surface area (Å²) >= 11 is 0. The third kappa shape index (κ3) is 4.09. The van der Waals surface area contributed by atoms with E-state index in [4.69, 9.17) is 5.26 Å². The van der Waals surface area contributed by atoms with E-state index in [1.807, 2.05) is 18.7 Å². The molecule has 0 aliphatic rings. The molecule has 0 aromatic carbocycles. The van der Waals surface area contributed by atoms with Crippen molar-refractivity contribution >= 4 is 5.82 Å². The van der Waals surface area contributed by atoms with E-state index in [0.717, 1.165) is 0 Å². The molecule has 1 rings (SSSR count). The predicted molar refractivity (Wildman–Crippen MR) is 76.0 cm³/mol. The second-order valence-electron chi connectivity index (χ2n) is 5.30. The van der Waals surface area contributed by atoms with Gasteiger partial charge in [-0.05, 0) is 19.8 Å². The summed E-state index contributed by atoms with van der Waals surface area (Å²) < 4.78 is 1.69. The van der Waals surface area contributed by atoms with Crippen LogP contribution in [0.15, 0.2) is 17.2 Å². The maximum absolute atomic E-state index is 12.4. The van der Waals surface area contributed by atoms with Gasteiger partial charge in [-0.25, -0.2) is 4.98 Å². The zero-order valence-corrected chi connectivity index (χ0v) is 12.1. The van der Waals surface area contributed by atoms with E-state index in [2.05, 4.69) is 24.9 Å². The molecule has 0 unspecified atom stereocenters. The van der Waals surface area contributed by atoms with E-state index < -0.39 is 0 Å². The first-order valence-electron chi connectivity index (χ1n) is 6.66. The van der Waals surface area contributed by atoms with Crippen molar-refractivity contribution in [1.29, 1.82) is 5.26 Å². The van der Waals surface area contributed by atoms with E-state index >= 15 is 0 Å². The van der Waals surface area contributed by atoms with Crippen molar-refractivity contribution in [1.82, 2.24) is 9.55 Å². The molecule has 104 valence electrons. The minimum atomic E-state index is -0.0807. The summed E-state index contributed by atoms with van der Waals surface area (Å²) in [5.41, 5.74) is -0.0807. The number of hydrogen-bond acceptors (Lipinski definition) is 4. The van der Waals surface area contributed by atoms with Crippen molar-refractivity contribution in [2.75, 3.05) is 11.4 Å². The normalized spacial score (nSPS) is 10.8. The number of nitriles is 1. The van der Waals surface area contributed by atoms with Crippen LogP contribution in [0.4, 0.5) is 5.82 Å². The lowest BCUT2D eigenvalue weighted by Gasteiger charge is -2.26. The monoisotopic (exact) mass is 262 g/mol. The first kappa shape index (κ1) is 15.2. The van der Waals surface area contributed by atoms with Gasteiger partial charge in [-0.1, -0.05) is 13.8 Å². The molecule has 5 nitrogen and oxygen atoms in total. The van der Waals surface area contributed by atoms with Crippen LogP contribution in [0.3, 0.4) is 0 Å². The Kier molecular flexibility index (Phi) is 5.56. The lowest BCUT2D eigenvalue weighted by Crippen LogP contribution is -2.38. The van der Waals surface area contributed by atoms with Crippen molar-refractivity contribution < 1.29 is 0 Å². The SMILES string of the molecule is CC(C)Cn1ccnc(N(CCC#N)C(C)C)c1=O. The molecule has 0 spiro atoms. The lowest BCUT2D eigenvalue weighted by atomic mass is 10.2. The summed E-state index contributed by atoms with van der Waals surface area (Å²) in [5.74, 6) is 0.841. The second-order valence-corrected chi connectivity index (χ2v) is 5.30. The summed E-state index contributed by atoms with van der Waals surface area (Å²) in [6.07, 6.45) is 3.76. The van der Waals surface area contributed by atoms with Gasteiger partial charge in [0.05, 0.1) is 12.5 Å². The molecule has 19 heavy (non-hydrogen) atoms. The average molecular weight is 262 g/mol. The molecule has 0 N–H and O–H groups in total. The molecule has 0 atom stereocenters. The minimum absolute atomic E-state index is 0.0807. The number of aromatic nitrogens is 2. The highest BCUT2D eigenvalue weighted by atomic mass is 16.1. The van der Waals surface area contributed by atoms with Crippen molar-refractivity contribution in [3.05, 3.63) is 22.7 Å². The van der Waals surface area contributed by atoms with Gasteiger partial charge in [-0.2, -0.15) is 5.26 Å². The van der Waals surface area contributed by atoms with Gasteiger partial charge in [0.15, 0.2) is 5.82 Å². The standard InChI is InChI=1S/C14H22N4O/c1-11(2)10-17-9-7-16-13(14(17)19)18(12(3)4)8-5-6-15/h7,9,11-12H,5,8,10H2,1-4H3. The summed E-state index contributed by atoms with van der Waals surface area (Å²) in [4.78, 5) is 18.5. The van der Waals surface area contributed by atoms with Crippen molar-refractivity contribution in [2.24, 2.45) is 5.92 Å². The van der Waals surface area contributed by atoms with Crippen LogP contribution in [-0.4, -0.2) is 22.1 Å². The molecule has 0 saturated carbocycles. The van der Waals surface area contributed by atoms with Crippen LogP contribution in [0.25, 0.3) is 0 Å². The topological polar surface area (TPSA) is 61.9 Å². The first-order chi connectivity index (χ1) is 8.97. The second kappa shape index (κ2) is 6.93. The zero-order valence-electron chi connectivity index (χ0n) is 12.1. The average Bonchev–Trinajstić information content (AvgIpc) is 2.33. The Morgan fingerprint density at radius 3 is 2.63 bits per heavy atom. The highest BCUT2D eigenvalue weighted by Crippen LogP contribution is 2.09. The summed E-state index contributed by atoms with van der Waals surface area (Å²) in [5, 5.41) is 8.71. The van der Waals surface area contributed by atoms with Crippen molar-refractivity contribution in [2.45, 2.75) is 46.7 Å². The number of rotatable bonds is 6. The van der Waals surface area contributed by atoms with Gasteiger partial charge in [0.25, 0.3) is 5.56 Å². The quantitative estimate of drug-likeness (QED) is 0.787. The van der Waals surface area contributed by atoms with Gasteiger partial charge in [0, 0.05) is 31.5 Å². The first-order valence-corrected chi connectivity index (χ1v) is 6.66. The third-order valence-corrected chi connectivity index (χ3v) is 2.82. The Labute approximate surface area is 114 Å². The Morgan fingerprint density at radius 1 is 1.42 bits per heavy atom. The maximum atomic E-state index is 12.4. The summed E-state index contributed by atoms with van der Waals surface area (Å²) in [7, 11) is 0. The van der Waals surface area contributed by atoms with Crippen molar-refractivity contribution in [3.63, 3.8) is 0 Å². The highest BCUT2D eigenvalue weighted by Gasteiger charge is 2.16. The minimum Gasteiger partial charge on any atom is -0.349 e. The molecule has 0 aliphatic heterocycles. The Hall–Kier alpha value is -1.83. The third-order valence-electron chi connectivity index (χ3n) is 2.82. The smallest absolute Gasteiger partial charge is 0.293 e. The molecule has 0 amide bonds. The molecule has 1 aromatic rings. The van der Waals surface area contributed by atoms with Crippen LogP contribution < -0.4 is 10.5 Å². The molecule has 0 radical (unpaired) electrons.